The van der Waals surface area contributed by atoms with Gasteiger partial charge in [0.2, 0.25) is 5.78 Å². The molecule has 0 fully saturated rings. The zero-order valence-corrected chi connectivity index (χ0v) is 15.9. The van der Waals surface area contributed by atoms with E-state index in [1.54, 1.807) is 6.92 Å². The van der Waals surface area contributed by atoms with Gasteiger partial charge in [-0.25, -0.2) is 4.79 Å². The van der Waals surface area contributed by atoms with E-state index in [1.165, 1.54) is 11.8 Å². The Kier molecular flexibility index (Phi) is 7.00. The zero-order valence-electron chi connectivity index (χ0n) is 15.1. The number of ketones is 1. The van der Waals surface area contributed by atoms with E-state index in [1.807, 2.05) is 37.3 Å². The van der Waals surface area contributed by atoms with Crippen LogP contribution in [-0.2, 0) is 16.1 Å². The number of anilines is 1. The summed E-state index contributed by atoms with van der Waals surface area (Å²) >= 11 is 1.29. The van der Waals surface area contributed by atoms with Crippen LogP contribution in [0.1, 0.15) is 30.6 Å². The standard InChI is InChI=1S/C18H21N3O5S/c1-3-9-21-15(19)14(16(23)20-18(21)25)13(22)10-26-17(24)11(2)27-12-7-5-4-6-8-12/h4-8,11H,3,9-10,19H2,1-2H3,(H,20,23,25)/t11-/m0/s1. The number of aromatic nitrogens is 2. The number of esters is 1. The highest BCUT2D eigenvalue weighted by atomic mass is 32.2. The van der Waals surface area contributed by atoms with Crippen molar-refractivity contribution in [3.05, 3.63) is 56.7 Å². The third-order valence-corrected chi connectivity index (χ3v) is 4.79. The van der Waals surface area contributed by atoms with E-state index in [0.29, 0.717) is 6.42 Å². The summed E-state index contributed by atoms with van der Waals surface area (Å²) in [5.74, 6) is -1.57. The molecule has 0 saturated heterocycles. The first-order chi connectivity index (χ1) is 12.8. The highest BCUT2D eigenvalue weighted by Crippen LogP contribution is 2.23. The monoisotopic (exact) mass is 391 g/mol. The van der Waals surface area contributed by atoms with Gasteiger partial charge in [0.05, 0.1) is 0 Å². The predicted octanol–water partition coefficient (Wildman–Crippen LogP) is 1.44. The van der Waals surface area contributed by atoms with Crippen LogP contribution in [0.3, 0.4) is 0 Å². The lowest BCUT2D eigenvalue weighted by molar-refractivity contribution is -0.141. The molecule has 8 nitrogen and oxygen atoms in total. The Morgan fingerprint density at radius 2 is 1.93 bits per heavy atom. The summed E-state index contributed by atoms with van der Waals surface area (Å²) in [6, 6.07) is 9.29. The maximum absolute atomic E-state index is 12.3. The van der Waals surface area contributed by atoms with Gasteiger partial charge in [-0.3, -0.25) is 23.9 Å². The van der Waals surface area contributed by atoms with Crippen molar-refractivity contribution in [2.24, 2.45) is 0 Å². The number of hydrogen-bond donors (Lipinski definition) is 2. The van der Waals surface area contributed by atoms with Gasteiger partial charge < -0.3 is 10.5 Å². The molecule has 0 bridgehead atoms. The predicted molar refractivity (Wildman–Crippen MR) is 103 cm³/mol. The van der Waals surface area contributed by atoms with E-state index < -0.39 is 34.9 Å². The van der Waals surface area contributed by atoms with Gasteiger partial charge in [0, 0.05) is 11.4 Å². The SMILES string of the molecule is CCCn1c(N)c(C(=O)COC(=O)[C@H](C)Sc2ccccc2)c(=O)[nH]c1=O. The van der Waals surface area contributed by atoms with Gasteiger partial charge in [-0.05, 0) is 25.5 Å². The molecule has 1 heterocycles. The van der Waals surface area contributed by atoms with Gasteiger partial charge in [0.1, 0.15) is 16.6 Å². The van der Waals surface area contributed by atoms with Crippen LogP contribution in [0.5, 0.6) is 0 Å². The van der Waals surface area contributed by atoms with Crippen molar-refractivity contribution in [3.8, 4) is 0 Å². The van der Waals surface area contributed by atoms with Crippen LogP contribution >= 0.6 is 11.8 Å². The number of rotatable bonds is 8. The number of nitrogens with two attached hydrogens (primary N) is 1. The minimum atomic E-state index is -0.891. The Balaban J connectivity index is 2.07. The number of benzene rings is 1. The Bertz CT molecular complexity index is 936. The van der Waals surface area contributed by atoms with E-state index in [0.717, 1.165) is 9.46 Å². The molecule has 144 valence electrons. The van der Waals surface area contributed by atoms with Crippen molar-refractivity contribution in [3.63, 3.8) is 0 Å². The second-order valence-electron chi connectivity index (χ2n) is 5.78. The molecule has 0 aliphatic rings. The lowest BCUT2D eigenvalue weighted by atomic mass is 10.2. The Morgan fingerprint density at radius 3 is 2.56 bits per heavy atom. The van der Waals surface area contributed by atoms with E-state index in [2.05, 4.69) is 4.98 Å². The van der Waals surface area contributed by atoms with Crippen molar-refractivity contribution in [2.45, 2.75) is 37.0 Å². The van der Waals surface area contributed by atoms with Crippen molar-refractivity contribution >= 4 is 29.3 Å². The molecule has 0 spiro atoms. The Morgan fingerprint density at radius 1 is 1.26 bits per heavy atom. The fraction of sp³-hybridized carbons (Fsp3) is 0.333. The summed E-state index contributed by atoms with van der Waals surface area (Å²) in [5, 5.41) is -0.537. The smallest absolute Gasteiger partial charge is 0.329 e. The maximum Gasteiger partial charge on any atom is 0.329 e. The molecule has 27 heavy (non-hydrogen) atoms. The molecule has 0 radical (unpaired) electrons. The number of Topliss-reactive ketones (excluding diaryl/α,β-unsaturated/α-hetero) is 1. The lowest BCUT2D eigenvalue weighted by Crippen LogP contribution is -2.37. The molecule has 0 unspecified atom stereocenters. The van der Waals surface area contributed by atoms with Crippen LogP contribution in [0, 0.1) is 0 Å². The summed E-state index contributed by atoms with van der Waals surface area (Å²) in [6.07, 6.45) is 0.590. The molecule has 0 aliphatic carbocycles. The minimum Gasteiger partial charge on any atom is -0.456 e. The molecule has 0 saturated carbocycles. The number of nitrogens with one attached hydrogen (secondary N) is 1. The number of thioether (sulfide) groups is 1. The number of H-pyrrole nitrogens is 1. The second-order valence-corrected chi connectivity index (χ2v) is 7.19. The van der Waals surface area contributed by atoms with Crippen LogP contribution in [-0.4, -0.2) is 33.2 Å². The highest BCUT2D eigenvalue weighted by Gasteiger charge is 2.22. The number of aromatic amines is 1. The van der Waals surface area contributed by atoms with Gasteiger partial charge >= 0.3 is 11.7 Å². The first-order valence-electron chi connectivity index (χ1n) is 8.39. The second kappa shape index (κ2) is 9.22. The molecular weight excluding hydrogens is 370 g/mol. The molecule has 0 amide bonds. The molecular formula is C18H21N3O5S. The quantitative estimate of drug-likeness (QED) is 0.396. The molecule has 1 aromatic heterocycles. The number of ether oxygens (including phenoxy) is 1. The average Bonchev–Trinajstić information content (AvgIpc) is 2.63. The van der Waals surface area contributed by atoms with Crippen molar-refractivity contribution in [1.82, 2.24) is 9.55 Å². The van der Waals surface area contributed by atoms with Gasteiger partial charge in [-0.15, -0.1) is 11.8 Å². The first kappa shape index (κ1) is 20.5. The molecule has 1 atom stereocenters. The maximum atomic E-state index is 12.3. The molecule has 9 heteroatoms. The van der Waals surface area contributed by atoms with Crippen LogP contribution < -0.4 is 17.0 Å². The summed E-state index contributed by atoms with van der Waals surface area (Å²) in [4.78, 5) is 51.1. The van der Waals surface area contributed by atoms with Gasteiger partial charge in [0.15, 0.2) is 6.61 Å². The van der Waals surface area contributed by atoms with Crippen molar-refractivity contribution in [2.75, 3.05) is 12.3 Å². The van der Waals surface area contributed by atoms with E-state index in [4.69, 9.17) is 10.5 Å². The molecule has 2 rings (SSSR count). The number of nitrogen functional groups attached to an aromatic ring is 1. The van der Waals surface area contributed by atoms with E-state index in [-0.39, 0.29) is 17.9 Å². The molecule has 3 N–H and O–H groups in total. The third kappa shape index (κ3) is 5.10. The largest absolute Gasteiger partial charge is 0.456 e. The van der Waals surface area contributed by atoms with Crippen LogP contribution in [0.15, 0.2) is 44.8 Å². The number of hydrogen-bond acceptors (Lipinski definition) is 7. The number of carbonyl (C=O) groups is 2. The van der Waals surface area contributed by atoms with Crippen LogP contribution in [0.2, 0.25) is 0 Å². The summed E-state index contributed by atoms with van der Waals surface area (Å²) in [7, 11) is 0. The minimum absolute atomic E-state index is 0.224. The summed E-state index contributed by atoms with van der Waals surface area (Å²) < 4.78 is 6.14. The molecule has 2 aromatic rings. The van der Waals surface area contributed by atoms with E-state index >= 15 is 0 Å². The number of carbonyl (C=O) groups excluding carboxylic acids is 2. The van der Waals surface area contributed by atoms with Gasteiger partial charge in [0.25, 0.3) is 5.56 Å². The molecule has 1 aromatic carbocycles. The van der Waals surface area contributed by atoms with Gasteiger partial charge in [-0.2, -0.15) is 0 Å². The first-order valence-corrected chi connectivity index (χ1v) is 9.27. The summed E-state index contributed by atoms with van der Waals surface area (Å²) in [6.45, 7) is 3.11. The van der Waals surface area contributed by atoms with E-state index in [9.17, 15) is 19.2 Å². The highest BCUT2D eigenvalue weighted by molar-refractivity contribution is 8.00. The third-order valence-electron chi connectivity index (χ3n) is 3.70. The fourth-order valence-corrected chi connectivity index (χ4v) is 3.27. The molecule has 0 aliphatic heterocycles. The van der Waals surface area contributed by atoms with Crippen molar-refractivity contribution < 1.29 is 14.3 Å². The van der Waals surface area contributed by atoms with Crippen molar-refractivity contribution in [1.29, 1.82) is 0 Å². The van der Waals surface area contributed by atoms with Crippen LogP contribution in [0.25, 0.3) is 0 Å². The normalized spacial score (nSPS) is 11.8. The lowest BCUT2D eigenvalue weighted by Gasteiger charge is -2.13. The van der Waals surface area contributed by atoms with Crippen LogP contribution in [0.4, 0.5) is 5.82 Å². The Hall–Kier alpha value is -2.81. The Labute approximate surface area is 159 Å². The van der Waals surface area contributed by atoms with Gasteiger partial charge in [-0.1, -0.05) is 25.1 Å². The fourth-order valence-electron chi connectivity index (χ4n) is 2.38. The summed E-state index contributed by atoms with van der Waals surface area (Å²) in [5.41, 5.74) is 3.87. The number of nitrogens with zero attached hydrogens (tertiary/aromatic N) is 1. The zero-order chi connectivity index (χ0) is 20.0. The topological polar surface area (TPSA) is 124 Å². The average molecular weight is 391 g/mol.